The number of oxime groups is 1. The molecule has 1 saturated carbocycles. The van der Waals surface area contributed by atoms with E-state index in [0.717, 1.165) is 29.7 Å². The molecule has 2 N–H and O–H groups in total. The van der Waals surface area contributed by atoms with E-state index in [4.69, 9.17) is 26.3 Å². The van der Waals surface area contributed by atoms with Crippen molar-refractivity contribution in [3.8, 4) is 5.75 Å². The van der Waals surface area contributed by atoms with Gasteiger partial charge in [0.25, 0.3) is 5.92 Å². The molecule has 0 radical (unpaired) electrons. The predicted octanol–water partition coefficient (Wildman–Crippen LogP) is 3.81. The van der Waals surface area contributed by atoms with Gasteiger partial charge in [-0.25, -0.2) is 8.78 Å². The maximum absolute atomic E-state index is 14.5. The number of allylic oxidation sites excluding steroid dienone is 2. The van der Waals surface area contributed by atoms with Crippen molar-refractivity contribution in [1.29, 1.82) is 0 Å². The van der Waals surface area contributed by atoms with Crippen LogP contribution in [0.5, 0.6) is 5.75 Å². The van der Waals surface area contributed by atoms with Crippen LogP contribution in [0.15, 0.2) is 41.6 Å². The molecule has 5 aliphatic rings. The number of likely N-dealkylation sites (tertiary alicyclic amines) is 1. The Morgan fingerprint density at radius 3 is 2.65 bits per heavy atom. The van der Waals surface area contributed by atoms with Crippen LogP contribution < -0.4 is 10.1 Å². The number of ether oxygens (including phenoxy) is 1. The van der Waals surface area contributed by atoms with Crippen molar-refractivity contribution in [2.45, 2.75) is 63.0 Å². The molecule has 10 nitrogen and oxygen atoms in total. The first-order valence-corrected chi connectivity index (χ1v) is 16.4. The summed E-state index contributed by atoms with van der Waals surface area (Å²) in [7, 11) is 0. The molecular weight excluding hydrogens is 622 g/mol. The van der Waals surface area contributed by atoms with Crippen LogP contribution in [0.1, 0.15) is 55.7 Å². The number of aliphatic hydroxyl groups excluding tert-OH is 1. The van der Waals surface area contributed by atoms with Crippen LogP contribution in [0.4, 0.5) is 8.78 Å². The number of hydrogen-bond donors (Lipinski definition) is 2. The van der Waals surface area contributed by atoms with Gasteiger partial charge in [0.2, 0.25) is 17.7 Å². The van der Waals surface area contributed by atoms with Crippen molar-refractivity contribution in [1.82, 2.24) is 15.1 Å². The number of amides is 3. The van der Waals surface area contributed by atoms with Crippen LogP contribution in [0, 0.1) is 17.8 Å². The topological polar surface area (TPSA) is 121 Å². The zero-order chi connectivity index (χ0) is 32.4. The molecule has 6 rings (SSSR count). The number of aliphatic hydroxyl groups is 1. The van der Waals surface area contributed by atoms with E-state index in [2.05, 4.69) is 10.5 Å². The van der Waals surface area contributed by atoms with E-state index in [-0.39, 0.29) is 37.0 Å². The number of alkyl halides is 2. The van der Waals surface area contributed by atoms with Crippen molar-refractivity contribution < 1.29 is 37.8 Å². The predicted molar refractivity (Wildman–Crippen MR) is 165 cm³/mol. The lowest BCUT2D eigenvalue weighted by molar-refractivity contribution is -0.147. The molecule has 3 aliphatic heterocycles. The normalized spacial score (nSPS) is 27.2. The van der Waals surface area contributed by atoms with Crippen molar-refractivity contribution in [2.24, 2.45) is 22.9 Å². The Morgan fingerprint density at radius 1 is 1.11 bits per heavy atom. The lowest BCUT2D eigenvalue weighted by Crippen LogP contribution is -2.51. The molecule has 46 heavy (non-hydrogen) atoms. The molecule has 1 aromatic rings. The number of fused-ring (bicyclic) bond motifs is 2. The first-order chi connectivity index (χ1) is 22.2. The second-order valence-electron chi connectivity index (χ2n) is 12.6. The molecular formula is C33H39ClF2N4O6. The second-order valence-corrected chi connectivity index (χ2v) is 13.1. The zero-order valence-corrected chi connectivity index (χ0v) is 26.3. The third-order valence-electron chi connectivity index (χ3n) is 9.73. The second kappa shape index (κ2) is 13.7. The molecule has 5 atom stereocenters. The Morgan fingerprint density at radius 2 is 1.89 bits per heavy atom. The van der Waals surface area contributed by atoms with E-state index >= 15 is 0 Å². The molecule has 2 fully saturated rings. The molecule has 3 amide bonds. The fraction of sp³-hybridized carbons (Fsp3) is 0.576. The first kappa shape index (κ1) is 32.4. The van der Waals surface area contributed by atoms with Gasteiger partial charge in [0.1, 0.15) is 24.7 Å². The average Bonchev–Trinajstić information content (AvgIpc) is 3.68. The van der Waals surface area contributed by atoms with Crippen LogP contribution >= 0.6 is 11.6 Å². The molecule has 0 spiro atoms. The molecule has 3 heterocycles. The van der Waals surface area contributed by atoms with Crippen LogP contribution in [-0.2, 0) is 25.6 Å². The molecule has 1 aromatic carbocycles. The minimum atomic E-state index is -3.45. The van der Waals surface area contributed by atoms with Crippen molar-refractivity contribution >= 4 is 35.0 Å². The highest BCUT2D eigenvalue weighted by atomic mass is 35.5. The average molecular weight is 661 g/mol. The Balaban J connectivity index is 1.28. The van der Waals surface area contributed by atoms with Crippen LogP contribution in [-0.4, -0.2) is 89.8 Å². The lowest BCUT2D eigenvalue weighted by atomic mass is 9.77. The number of carbonyl (C=O) groups is 3. The van der Waals surface area contributed by atoms with E-state index in [0.29, 0.717) is 56.0 Å². The van der Waals surface area contributed by atoms with Gasteiger partial charge < -0.3 is 29.8 Å². The summed E-state index contributed by atoms with van der Waals surface area (Å²) >= 11 is 6.74. The monoisotopic (exact) mass is 660 g/mol. The number of rotatable bonds is 10. The van der Waals surface area contributed by atoms with Crippen molar-refractivity contribution in [2.75, 3.05) is 39.4 Å². The number of carbonyl (C=O) groups excluding carboxylic acids is 3. The van der Waals surface area contributed by atoms with E-state index in [1.807, 2.05) is 24.3 Å². The Kier molecular flexibility index (Phi) is 9.65. The standard InChI is InChI=1S/C33H39ClF2N4O6/c34-24-11-12-28(45-17-25-23-8-3-4-9-27(23)46-38-25)30-22(24)13-15-40(26(30)16-39-14-5-10-29(39)42)32(44)21-7-2-1-6-20(21)31(43)37-18-33(35,36)19-41/h3-4,8-9,11-12,20-21,23,26-27,41H,1-2,5-7,10,13-19H2,(H,37,43)/t20-,21+,23?,26+,27?/m0/s1. The highest BCUT2D eigenvalue weighted by molar-refractivity contribution is 6.31. The molecule has 2 unspecified atom stereocenters. The summed E-state index contributed by atoms with van der Waals surface area (Å²) in [6.45, 7) is -1.11. The number of halogens is 3. The van der Waals surface area contributed by atoms with E-state index in [1.54, 1.807) is 21.9 Å². The van der Waals surface area contributed by atoms with Gasteiger partial charge in [-0.3, -0.25) is 14.4 Å². The lowest BCUT2D eigenvalue weighted by Gasteiger charge is -2.43. The third kappa shape index (κ3) is 6.64. The first-order valence-electron chi connectivity index (χ1n) is 16.0. The van der Waals surface area contributed by atoms with Crippen LogP contribution in [0.2, 0.25) is 5.02 Å². The summed E-state index contributed by atoms with van der Waals surface area (Å²) in [6.07, 6.45) is 11.5. The fourth-order valence-electron chi connectivity index (χ4n) is 7.27. The fourth-order valence-corrected chi connectivity index (χ4v) is 7.53. The zero-order valence-electron chi connectivity index (χ0n) is 25.5. The van der Waals surface area contributed by atoms with Gasteiger partial charge in [-0.2, -0.15) is 0 Å². The molecule has 2 aliphatic carbocycles. The van der Waals surface area contributed by atoms with Gasteiger partial charge in [-0.05, 0) is 49.5 Å². The van der Waals surface area contributed by atoms with Gasteiger partial charge in [0.05, 0.1) is 18.5 Å². The summed E-state index contributed by atoms with van der Waals surface area (Å²) in [6, 6.07) is 2.95. The maximum atomic E-state index is 14.5. The SMILES string of the molecule is O=C(NCC(F)(F)CO)[C@H]1CCCC[C@H]1C(=O)N1CCc2c(Cl)ccc(OCC3=NOC4C=CC=CC34)c2[C@H]1CN1CCCC1=O. The van der Waals surface area contributed by atoms with Crippen LogP contribution in [0.25, 0.3) is 0 Å². The minimum absolute atomic E-state index is 0.00407. The van der Waals surface area contributed by atoms with Gasteiger partial charge in [0.15, 0.2) is 6.10 Å². The Bertz CT molecular complexity index is 1450. The van der Waals surface area contributed by atoms with E-state index in [1.165, 1.54) is 0 Å². The highest BCUT2D eigenvalue weighted by Gasteiger charge is 2.44. The molecule has 1 saturated heterocycles. The summed E-state index contributed by atoms with van der Waals surface area (Å²) < 4.78 is 33.9. The summed E-state index contributed by atoms with van der Waals surface area (Å²) in [4.78, 5) is 49.5. The minimum Gasteiger partial charge on any atom is -0.487 e. The van der Waals surface area contributed by atoms with Crippen LogP contribution in [0.3, 0.4) is 0 Å². The van der Waals surface area contributed by atoms with Crippen molar-refractivity contribution in [3.63, 3.8) is 0 Å². The molecule has 248 valence electrons. The quantitative estimate of drug-likeness (QED) is 0.394. The van der Waals surface area contributed by atoms with Gasteiger partial charge in [-0.15, -0.1) is 0 Å². The number of nitrogens with zero attached hydrogens (tertiary/aromatic N) is 3. The summed E-state index contributed by atoms with van der Waals surface area (Å²) in [5, 5.41) is 16.0. The molecule has 0 bridgehead atoms. The Hall–Kier alpha value is -3.51. The van der Waals surface area contributed by atoms with E-state index < -0.39 is 42.9 Å². The van der Waals surface area contributed by atoms with E-state index in [9.17, 15) is 23.2 Å². The number of benzene rings is 1. The van der Waals surface area contributed by atoms with Crippen molar-refractivity contribution in [3.05, 3.63) is 52.6 Å². The number of hydrogen-bond acceptors (Lipinski definition) is 7. The largest absolute Gasteiger partial charge is 0.487 e. The van der Waals surface area contributed by atoms with Gasteiger partial charge in [0, 0.05) is 48.5 Å². The maximum Gasteiger partial charge on any atom is 0.287 e. The van der Waals surface area contributed by atoms with Gasteiger partial charge >= 0.3 is 0 Å². The molecule has 13 heteroatoms. The summed E-state index contributed by atoms with van der Waals surface area (Å²) in [5.74, 6) is -5.34. The Labute approximate surface area is 271 Å². The summed E-state index contributed by atoms with van der Waals surface area (Å²) in [5.41, 5.74) is 2.29. The number of nitrogens with one attached hydrogen (secondary N) is 1. The van der Waals surface area contributed by atoms with Gasteiger partial charge in [-0.1, -0.05) is 47.8 Å². The molecule has 0 aromatic heterocycles. The highest BCUT2D eigenvalue weighted by Crippen LogP contribution is 2.43. The smallest absolute Gasteiger partial charge is 0.287 e. The third-order valence-corrected chi connectivity index (χ3v) is 10.1.